The van der Waals surface area contributed by atoms with Crippen molar-refractivity contribution < 1.29 is 38.0 Å². The summed E-state index contributed by atoms with van der Waals surface area (Å²) in [6.45, 7) is 6.39. The van der Waals surface area contributed by atoms with Gasteiger partial charge >= 0.3 is 6.18 Å². The van der Waals surface area contributed by atoms with Crippen LogP contribution in [0.3, 0.4) is 0 Å². The van der Waals surface area contributed by atoms with E-state index in [4.69, 9.17) is 9.47 Å². The topological polar surface area (TPSA) is 142 Å². The van der Waals surface area contributed by atoms with Gasteiger partial charge in [0.05, 0.1) is 35.7 Å². The third kappa shape index (κ3) is 6.21. The summed E-state index contributed by atoms with van der Waals surface area (Å²) in [4.78, 5) is 13.0. The zero-order chi connectivity index (χ0) is 27.8. The average molecular weight is 542 g/mol. The van der Waals surface area contributed by atoms with Crippen molar-refractivity contribution >= 4 is 11.8 Å². The van der Waals surface area contributed by atoms with E-state index < -0.39 is 43.0 Å². The Kier molecular flexibility index (Phi) is 8.19. The molecular weight excluding hydrogens is 507 g/mol. The molecule has 1 saturated carbocycles. The molecule has 5 atom stereocenters. The number of ether oxygens (including phenoxy) is 2. The second kappa shape index (κ2) is 11.1. The summed E-state index contributed by atoms with van der Waals surface area (Å²) in [5.74, 6) is 0.777. The Morgan fingerprint density at radius 3 is 2.50 bits per heavy atom. The number of hydrogen-bond acceptors (Lipinski definition) is 10. The Hall–Kier alpha value is -2.90. The van der Waals surface area contributed by atoms with E-state index in [2.05, 4.69) is 25.6 Å². The molecule has 0 saturated heterocycles. The lowest BCUT2D eigenvalue weighted by Crippen LogP contribution is -2.36. The van der Waals surface area contributed by atoms with Gasteiger partial charge in [0.15, 0.2) is 0 Å². The first-order valence-corrected chi connectivity index (χ1v) is 12.6. The van der Waals surface area contributed by atoms with Crippen LogP contribution in [0.4, 0.5) is 24.9 Å². The second-order valence-corrected chi connectivity index (χ2v) is 10.3. The highest BCUT2D eigenvalue weighted by molar-refractivity contribution is 5.55. The van der Waals surface area contributed by atoms with Gasteiger partial charge in [-0.15, -0.1) is 0 Å². The van der Waals surface area contributed by atoms with E-state index in [1.807, 2.05) is 19.9 Å². The number of fused-ring (bicyclic) bond motifs is 1. The highest BCUT2D eigenvalue weighted by atomic mass is 19.4. The maximum atomic E-state index is 12.8. The zero-order valence-corrected chi connectivity index (χ0v) is 21.7. The van der Waals surface area contributed by atoms with Crippen molar-refractivity contribution in [1.82, 2.24) is 15.0 Å². The van der Waals surface area contributed by atoms with Gasteiger partial charge in [-0.3, -0.25) is 0 Å². The molecule has 0 spiro atoms. The molecule has 0 bridgehead atoms. The van der Waals surface area contributed by atoms with Crippen LogP contribution < -0.4 is 20.1 Å². The maximum absolute atomic E-state index is 12.8. The van der Waals surface area contributed by atoms with E-state index >= 15 is 0 Å². The highest BCUT2D eigenvalue weighted by Gasteiger charge is 2.42. The van der Waals surface area contributed by atoms with E-state index in [1.54, 1.807) is 13.8 Å². The predicted octanol–water partition coefficient (Wildman–Crippen LogP) is 2.69. The molecule has 0 radical (unpaired) electrons. The molecule has 0 aromatic carbocycles. The molecule has 38 heavy (non-hydrogen) atoms. The summed E-state index contributed by atoms with van der Waals surface area (Å²) in [7, 11) is 0. The minimum atomic E-state index is -4.47. The summed E-state index contributed by atoms with van der Waals surface area (Å²) in [6, 6.07) is 1.12. The van der Waals surface area contributed by atoms with Crippen molar-refractivity contribution in [2.45, 2.75) is 71.1 Å². The summed E-state index contributed by atoms with van der Waals surface area (Å²) in [5.41, 5.74) is 2.40. The van der Waals surface area contributed by atoms with Gasteiger partial charge in [-0.25, -0.2) is 9.97 Å². The van der Waals surface area contributed by atoms with Gasteiger partial charge < -0.3 is 35.4 Å². The SMILES string of the molecule is Cc1nc(OCC(C)C)cc2c1OC(c1c(C)nc(NCC(F)(F)F)nc1N[C@@H]1C[C@H](CO)[C@@H](O)[C@H]1O)C2. The smallest absolute Gasteiger partial charge is 0.405 e. The third-order valence-electron chi connectivity index (χ3n) is 6.69. The normalized spacial score (nSPS) is 24.9. The Balaban J connectivity index is 1.65. The van der Waals surface area contributed by atoms with Crippen LogP contribution in [-0.2, 0) is 6.42 Å². The first kappa shape index (κ1) is 28.1. The van der Waals surface area contributed by atoms with Gasteiger partial charge in [0.2, 0.25) is 11.8 Å². The van der Waals surface area contributed by atoms with Crippen molar-refractivity contribution in [1.29, 1.82) is 0 Å². The lowest BCUT2D eigenvalue weighted by molar-refractivity contribution is -0.115. The lowest BCUT2D eigenvalue weighted by atomic mass is 10.0. The predicted molar refractivity (Wildman–Crippen MR) is 132 cm³/mol. The number of pyridine rings is 1. The van der Waals surface area contributed by atoms with E-state index in [0.29, 0.717) is 47.5 Å². The largest absolute Gasteiger partial charge is 0.483 e. The van der Waals surface area contributed by atoms with E-state index in [0.717, 1.165) is 5.56 Å². The number of aliphatic hydroxyl groups excluding tert-OH is 3. The molecule has 13 heteroatoms. The summed E-state index contributed by atoms with van der Waals surface area (Å²) < 4.78 is 50.5. The number of aliphatic hydroxyl groups is 3. The number of alkyl halides is 3. The van der Waals surface area contributed by atoms with Gasteiger partial charge in [-0.05, 0) is 26.2 Å². The number of rotatable bonds is 9. The molecule has 1 aliphatic carbocycles. The fourth-order valence-electron chi connectivity index (χ4n) is 4.84. The van der Waals surface area contributed by atoms with Gasteiger partial charge in [0.25, 0.3) is 0 Å². The Labute approximate surface area is 218 Å². The van der Waals surface area contributed by atoms with Gasteiger partial charge in [0.1, 0.15) is 30.3 Å². The number of nitrogens with one attached hydrogen (secondary N) is 2. The summed E-state index contributed by atoms with van der Waals surface area (Å²) in [6.07, 6.45) is -6.77. The molecule has 1 unspecified atom stereocenters. The minimum Gasteiger partial charge on any atom is -0.483 e. The number of nitrogens with zero attached hydrogens (tertiary/aromatic N) is 3. The molecular formula is C25H34F3N5O5. The van der Waals surface area contributed by atoms with Crippen LogP contribution in [0.1, 0.15) is 48.9 Å². The molecule has 1 fully saturated rings. The first-order chi connectivity index (χ1) is 17.9. The molecule has 4 rings (SSSR count). The van der Waals surface area contributed by atoms with Crippen LogP contribution >= 0.6 is 0 Å². The van der Waals surface area contributed by atoms with Crippen molar-refractivity contribution in [2.75, 3.05) is 30.4 Å². The van der Waals surface area contributed by atoms with Crippen LogP contribution in [0.15, 0.2) is 6.07 Å². The number of aromatic nitrogens is 3. The molecule has 2 aromatic rings. The number of halogens is 3. The van der Waals surface area contributed by atoms with E-state index in [9.17, 15) is 28.5 Å². The number of hydrogen-bond donors (Lipinski definition) is 5. The Morgan fingerprint density at radius 1 is 1.13 bits per heavy atom. The molecule has 0 amide bonds. The molecule has 2 aromatic heterocycles. The second-order valence-electron chi connectivity index (χ2n) is 10.3. The van der Waals surface area contributed by atoms with Crippen molar-refractivity contribution in [3.05, 3.63) is 28.6 Å². The quantitative estimate of drug-likeness (QED) is 0.322. The van der Waals surface area contributed by atoms with Crippen molar-refractivity contribution in [3.63, 3.8) is 0 Å². The lowest BCUT2D eigenvalue weighted by Gasteiger charge is -2.24. The highest BCUT2D eigenvalue weighted by Crippen LogP contribution is 2.43. The monoisotopic (exact) mass is 541 g/mol. The molecule has 5 N–H and O–H groups in total. The zero-order valence-electron chi connectivity index (χ0n) is 21.7. The fraction of sp³-hybridized carbons (Fsp3) is 0.640. The van der Waals surface area contributed by atoms with Crippen LogP contribution in [-0.4, -0.2) is 74.5 Å². The minimum absolute atomic E-state index is 0.178. The molecule has 10 nitrogen and oxygen atoms in total. The van der Waals surface area contributed by atoms with Crippen LogP contribution in [0.2, 0.25) is 0 Å². The van der Waals surface area contributed by atoms with Crippen LogP contribution in [0.25, 0.3) is 0 Å². The summed E-state index contributed by atoms with van der Waals surface area (Å²) in [5, 5.41) is 35.6. The molecule has 3 heterocycles. The molecule has 2 aliphatic rings. The summed E-state index contributed by atoms with van der Waals surface area (Å²) >= 11 is 0. The standard InChI is InChI=1S/C25H34F3N5O5/c1-11(2)9-37-18-7-14-6-17(38-22(14)13(4)30-18)19-12(3)31-24(29-10-25(26,27)28)33-23(19)32-16-5-15(8-34)20(35)21(16)36/h7,11,15-17,20-21,34-36H,5-6,8-10H2,1-4H3,(H2,29,31,32,33)/t15-,16-,17?,20-,21+/m1/s1. The number of aryl methyl sites for hydroxylation is 2. The first-order valence-electron chi connectivity index (χ1n) is 12.6. The van der Waals surface area contributed by atoms with Gasteiger partial charge in [-0.1, -0.05) is 13.8 Å². The maximum Gasteiger partial charge on any atom is 0.405 e. The number of anilines is 2. The van der Waals surface area contributed by atoms with Crippen molar-refractivity contribution in [2.24, 2.45) is 11.8 Å². The molecule has 1 aliphatic heterocycles. The van der Waals surface area contributed by atoms with E-state index in [-0.39, 0.29) is 24.8 Å². The average Bonchev–Trinajstić information content (AvgIpc) is 3.37. The Bertz CT molecular complexity index is 1150. The third-order valence-corrected chi connectivity index (χ3v) is 6.69. The van der Waals surface area contributed by atoms with E-state index in [1.165, 1.54) is 0 Å². The van der Waals surface area contributed by atoms with Crippen molar-refractivity contribution in [3.8, 4) is 11.6 Å². The fourth-order valence-corrected chi connectivity index (χ4v) is 4.84. The molecule has 210 valence electrons. The Morgan fingerprint density at radius 2 is 1.87 bits per heavy atom. The van der Waals surface area contributed by atoms with Gasteiger partial charge in [0, 0.05) is 30.6 Å². The van der Waals surface area contributed by atoms with Crippen LogP contribution in [0, 0.1) is 25.7 Å². The van der Waals surface area contributed by atoms with Gasteiger partial charge in [-0.2, -0.15) is 18.2 Å². The van der Waals surface area contributed by atoms with Crippen LogP contribution in [0.5, 0.6) is 11.6 Å².